The van der Waals surface area contributed by atoms with Crippen molar-refractivity contribution in [2.45, 2.75) is 32.7 Å². The van der Waals surface area contributed by atoms with Gasteiger partial charge >= 0.3 is 0 Å². The van der Waals surface area contributed by atoms with E-state index in [1.54, 1.807) is 18.2 Å². The number of hydrogen-bond donors (Lipinski definition) is 2. The summed E-state index contributed by atoms with van der Waals surface area (Å²) in [4.78, 5) is 24.4. The molecule has 0 fully saturated rings. The lowest BCUT2D eigenvalue weighted by Crippen LogP contribution is -2.38. The number of rotatable bonds is 6. The van der Waals surface area contributed by atoms with Crippen molar-refractivity contribution < 1.29 is 19.1 Å². The van der Waals surface area contributed by atoms with Gasteiger partial charge in [-0.25, -0.2) is 0 Å². The lowest BCUT2D eigenvalue weighted by atomic mass is 9.99. The summed E-state index contributed by atoms with van der Waals surface area (Å²) in [7, 11) is 0. The van der Waals surface area contributed by atoms with Crippen LogP contribution in [-0.4, -0.2) is 25.2 Å². The van der Waals surface area contributed by atoms with Gasteiger partial charge in [-0.2, -0.15) is 0 Å². The summed E-state index contributed by atoms with van der Waals surface area (Å²) in [6.07, 6.45) is 0. The predicted molar refractivity (Wildman–Crippen MR) is 102 cm³/mol. The normalized spacial score (nSPS) is 13.3. The Labute approximate surface area is 158 Å². The largest absolute Gasteiger partial charge is 0.454 e. The third-order valence-electron chi connectivity index (χ3n) is 4.52. The van der Waals surface area contributed by atoms with E-state index in [4.69, 9.17) is 9.47 Å². The number of fused-ring (bicyclic) bond motifs is 1. The van der Waals surface area contributed by atoms with Gasteiger partial charge in [0.15, 0.2) is 11.5 Å². The van der Waals surface area contributed by atoms with Crippen molar-refractivity contribution in [3.05, 3.63) is 59.2 Å². The molecule has 142 valence electrons. The van der Waals surface area contributed by atoms with E-state index in [2.05, 4.69) is 36.6 Å². The number of carbonyl (C=O) groups is 2. The maximum absolute atomic E-state index is 12.2. The first-order valence-electron chi connectivity index (χ1n) is 9.01. The standard InChI is InChI=1S/C21H24N2O4/c1-13(2)15-4-6-16(7-5-15)14(3)23-20(24)11-22-21(25)17-8-9-18-19(10-17)27-12-26-18/h4-10,13-14H,11-12H2,1-3H3,(H,22,25)(H,23,24). The van der Waals surface area contributed by atoms with E-state index in [1.807, 2.05) is 19.1 Å². The molecule has 2 N–H and O–H groups in total. The van der Waals surface area contributed by atoms with Crippen LogP contribution in [0.2, 0.25) is 0 Å². The van der Waals surface area contributed by atoms with Crippen molar-refractivity contribution in [1.29, 1.82) is 0 Å². The van der Waals surface area contributed by atoms with Gasteiger partial charge in [-0.05, 0) is 42.2 Å². The summed E-state index contributed by atoms with van der Waals surface area (Å²) in [6, 6.07) is 13.0. The van der Waals surface area contributed by atoms with E-state index in [9.17, 15) is 9.59 Å². The van der Waals surface area contributed by atoms with Crippen LogP contribution >= 0.6 is 0 Å². The molecule has 6 heteroatoms. The zero-order chi connectivity index (χ0) is 19.4. The highest BCUT2D eigenvalue weighted by Crippen LogP contribution is 2.32. The number of ether oxygens (including phenoxy) is 2. The lowest BCUT2D eigenvalue weighted by Gasteiger charge is -2.16. The van der Waals surface area contributed by atoms with Crippen LogP contribution in [0.15, 0.2) is 42.5 Å². The molecule has 3 rings (SSSR count). The van der Waals surface area contributed by atoms with Gasteiger partial charge in [0, 0.05) is 5.56 Å². The first-order valence-corrected chi connectivity index (χ1v) is 9.01. The fourth-order valence-electron chi connectivity index (χ4n) is 2.85. The second-order valence-electron chi connectivity index (χ2n) is 6.86. The molecule has 27 heavy (non-hydrogen) atoms. The van der Waals surface area contributed by atoms with E-state index in [-0.39, 0.29) is 31.2 Å². The molecule has 2 aromatic carbocycles. The Kier molecular flexibility index (Phi) is 5.64. The van der Waals surface area contributed by atoms with Gasteiger partial charge in [0.2, 0.25) is 12.7 Å². The maximum Gasteiger partial charge on any atom is 0.251 e. The summed E-state index contributed by atoms with van der Waals surface area (Å²) < 4.78 is 10.5. The fraction of sp³-hybridized carbons (Fsp3) is 0.333. The third kappa shape index (κ3) is 4.58. The highest BCUT2D eigenvalue weighted by atomic mass is 16.7. The first kappa shape index (κ1) is 18.8. The molecule has 0 radical (unpaired) electrons. The minimum absolute atomic E-state index is 0.0955. The topological polar surface area (TPSA) is 76.7 Å². The number of hydrogen-bond acceptors (Lipinski definition) is 4. The molecule has 0 saturated heterocycles. The monoisotopic (exact) mass is 368 g/mol. The minimum atomic E-state index is -0.336. The predicted octanol–water partition coefficient (Wildman–Crippen LogP) is 3.15. The molecule has 2 amide bonds. The second kappa shape index (κ2) is 8.12. The molecule has 1 heterocycles. The fourth-order valence-corrected chi connectivity index (χ4v) is 2.85. The van der Waals surface area contributed by atoms with E-state index in [0.29, 0.717) is 23.0 Å². The zero-order valence-corrected chi connectivity index (χ0v) is 15.7. The van der Waals surface area contributed by atoms with Crippen molar-refractivity contribution in [3.8, 4) is 11.5 Å². The Morgan fingerprint density at radius 2 is 1.63 bits per heavy atom. The molecule has 6 nitrogen and oxygen atoms in total. The number of carbonyl (C=O) groups excluding carboxylic acids is 2. The van der Waals surface area contributed by atoms with Crippen LogP contribution < -0.4 is 20.1 Å². The van der Waals surface area contributed by atoms with Gasteiger partial charge in [-0.15, -0.1) is 0 Å². The smallest absolute Gasteiger partial charge is 0.251 e. The average Bonchev–Trinajstić information content (AvgIpc) is 3.13. The van der Waals surface area contributed by atoms with Crippen LogP contribution in [0.3, 0.4) is 0 Å². The summed E-state index contributed by atoms with van der Waals surface area (Å²) in [6.45, 7) is 6.26. The molecule has 0 bridgehead atoms. The van der Waals surface area contributed by atoms with Crippen LogP contribution in [0.5, 0.6) is 11.5 Å². The zero-order valence-electron chi connectivity index (χ0n) is 15.7. The van der Waals surface area contributed by atoms with Gasteiger partial charge in [-0.3, -0.25) is 9.59 Å². The Morgan fingerprint density at radius 3 is 2.33 bits per heavy atom. The van der Waals surface area contributed by atoms with Crippen molar-refractivity contribution >= 4 is 11.8 Å². The van der Waals surface area contributed by atoms with Crippen LogP contribution in [0.1, 0.15) is 54.2 Å². The molecular formula is C21H24N2O4. The van der Waals surface area contributed by atoms with Gasteiger partial charge in [0.05, 0.1) is 12.6 Å². The van der Waals surface area contributed by atoms with Crippen LogP contribution in [-0.2, 0) is 4.79 Å². The molecular weight excluding hydrogens is 344 g/mol. The van der Waals surface area contributed by atoms with Crippen molar-refractivity contribution in [1.82, 2.24) is 10.6 Å². The molecule has 0 aliphatic carbocycles. The molecule has 0 spiro atoms. The molecule has 2 aromatic rings. The van der Waals surface area contributed by atoms with Gasteiger partial charge in [0.1, 0.15) is 0 Å². The Balaban J connectivity index is 1.50. The molecule has 1 unspecified atom stereocenters. The SMILES string of the molecule is CC(C)c1ccc(C(C)NC(=O)CNC(=O)c2ccc3c(c2)OCO3)cc1. The summed E-state index contributed by atoms with van der Waals surface area (Å²) >= 11 is 0. The maximum atomic E-state index is 12.2. The summed E-state index contributed by atoms with van der Waals surface area (Å²) in [5.41, 5.74) is 2.70. The highest BCUT2D eigenvalue weighted by Gasteiger charge is 2.17. The van der Waals surface area contributed by atoms with Gasteiger partial charge < -0.3 is 20.1 Å². The molecule has 1 aliphatic rings. The molecule has 1 atom stereocenters. The van der Waals surface area contributed by atoms with E-state index in [1.165, 1.54) is 5.56 Å². The Morgan fingerprint density at radius 1 is 0.963 bits per heavy atom. The van der Waals surface area contributed by atoms with Crippen LogP contribution in [0.4, 0.5) is 0 Å². The first-order chi connectivity index (χ1) is 12.9. The molecule has 0 aromatic heterocycles. The Bertz CT molecular complexity index is 831. The summed E-state index contributed by atoms with van der Waals surface area (Å²) in [5, 5.41) is 5.52. The second-order valence-corrected chi connectivity index (χ2v) is 6.86. The highest BCUT2D eigenvalue weighted by molar-refractivity contribution is 5.97. The lowest BCUT2D eigenvalue weighted by molar-refractivity contribution is -0.120. The molecule has 1 aliphatic heterocycles. The van der Waals surface area contributed by atoms with Crippen LogP contribution in [0.25, 0.3) is 0 Å². The number of amides is 2. The van der Waals surface area contributed by atoms with E-state index in [0.717, 1.165) is 5.56 Å². The van der Waals surface area contributed by atoms with Crippen LogP contribution in [0, 0.1) is 0 Å². The van der Waals surface area contributed by atoms with E-state index >= 15 is 0 Å². The number of benzene rings is 2. The van der Waals surface area contributed by atoms with Crippen molar-refractivity contribution in [2.75, 3.05) is 13.3 Å². The van der Waals surface area contributed by atoms with Crippen molar-refractivity contribution in [2.24, 2.45) is 0 Å². The van der Waals surface area contributed by atoms with Gasteiger partial charge in [-0.1, -0.05) is 38.1 Å². The average molecular weight is 368 g/mol. The molecule has 0 saturated carbocycles. The van der Waals surface area contributed by atoms with Gasteiger partial charge in [0.25, 0.3) is 5.91 Å². The van der Waals surface area contributed by atoms with Crippen molar-refractivity contribution in [3.63, 3.8) is 0 Å². The minimum Gasteiger partial charge on any atom is -0.454 e. The quantitative estimate of drug-likeness (QED) is 0.821. The number of nitrogens with one attached hydrogen (secondary N) is 2. The third-order valence-corrected chi connectivity index (χ3v) is 4.52. The Hall–Kier alpha value is -3.02. The summed E-state index contributed by atoms with van der Waals surface area (Å²) in [5.74, 6) is 1.03. The van der Waals surface area contributed by atoms with E-state index < -0.39 is 0 Å².